The van der Waals surface area contributed by atoms with E-state index in [9.17, 15) is 4.79 Å². The highest BCUT2D eigenvalue weighted by atomic mass is 35.5. The van der Waals surface area contributed by atoms with Crippen molar-refractivity contribution in [1.29, 1.82) is 0 Å². The zero-order valence-corrected chi connectivity index (χ0v) is 11.0. The standard InChI is InChI=1S/C12H15ClN4O/c1-6(2)9(14)12(18)15-11-7-4-3-5-8(13)10(7)16-17-11/h3-6,9H,14H2,1-2H3,(H2,15,16,17,18)/t9-/m0/s1. The molecule has 1 amide bonds. The molecule has 0 bridgehead atoms. The van der Waals surface area contributed by atoms with E-state index in [4.69, 9.17) is 17.3 Å². The average Bonchev–Trinajstić information content (AvgIpc) is 2.73. The summed E-state index contributed by atoms with van der Waals surface area (Å²) in [5.41, 5.74) is 6.48. The second kappa shape index (κ2) is 4.96. The van der Waals surface area contributed by atoms with Crippen LogP contribution in [0.1, 0.15) is 13.8 Å². The second-order valence-electron chi connectivity index (χ2n) is 4.49. The van der Waals surface area contributed by atoms with Crippen molar-refractivity contribution in [2.75, 3.05) is 5.32 Å². The lowest BCUT2D eigenvalue weighted by Gasteiger charge is -2.14. The number of H-pyrrole nitrogens is 1. The molecule has 2 rings (SSSR count). The predicted octanol–water partition coefficient (Wildman–Crippen LogP) is 2.14. The number of nitrogens with one attached hydrogen (secondary N) is 2. The van der Waals surface area contributed by atoms with E-state index in [1.54, 1.807) is 12.1 Å². The van der Waals surface area contributed by atoms with Crippen LogP contribution in [0.2, 0.25) is 5.02 Å². The zero-order valence-electron chi connectivity index (χ0n) is 10.2. The van der Waals surface area contributed by atoms with Gasteiger partial charge in [0.1, 0.15) is 0 Å². The maximum Gasteiger partial charge on any atom is 0.242 e. The lowest BCUT2D eigenvalue weighted by atomic mass is 10.1. The van der Waals surface area contributed by atoms with Gasteiger partial charge in [-0.2, -0.15) is 5.10 Å². The van der Waals surface area contributed by atoms with Crippen LogP contribution in [0.25, 0.3) is 10.9 Å². The minimum Gasteiger partial charge on any atom is -0.320 e. The number of nitrogens with two attached hydrogens (primary N) is 1. The van der Waals surface area contributed by atoms with E-state index in [0.29, 0.717) is 16.4 Å². The summed E-state index contributed by atoms with van der Waals surface area (Å²) in [6, 6.07) is 4.84. The molecule has 0 aliphatic carbocycles. The number of para-hydroxylation sites is 1. The minimum atomic E-state index is -0.559. The summed E-state index contributed by atoms with van der Waals surface area (Å²) in [7, 11) is 0. The van der Waals surface area contributed by atoms with Crippen molar-refractivity contribution >= 4 is 34.2 Å². The van der Waals surface area contributed by atoms with Gasteiger partial charge in [-0.1, -0.05) is 31.5 Å². The normalized spacial score (nSPS) is 12.9. The van der Waals surface area contributed by atoms with Gasteiger partial charge in [-0.15, -0.1) is 0 Å². The topological polar surface area (TPSA) is 83.8 Å². The van der Waals surface area contributed by atoms with E-state index in [-0.39, 0.29) is 11.8 Å². The average molecular weight is 267 g/mol. The summed E-state index contributed by atoms with van der Waals surface area (Å²) in [5, 5.41) is 10.9. The van der Waals surface area contributed by atoms with Crippen LogP contribution in [0.4, 0.5) is 5.82 Å². The third-order valence-corrected chi connectivity index (χ3v) is 3.13. The number of carbonyl (C=O) groups is 1. The van der Waals surface area contributed by atoms with Crippen LogP contribution in [0, 0.1) is 5.92 Å². The van der Waals surface area contributed by atoms with Crippen LogP contribution in [0.15, 0.2) is 18.2 Å². The summed E-state index contributed by atoms with van der Waals surface area (Å²) in [4.78, 5) is 11.9. The maximum absolute atomic E-state index is 11.9. The van der Waals surface area contributed by atoms with Crippen molar-refractivity contribution in [2.24, 2.45) is 11.7 Å². The number of amides is 1. The largest absolute Gasteiger partial charge is 0.320 e. The summed E-state index contributed by atoms with van der Waals surface area (Å²) in [5.74, 6) is 0.269. The van der Waals surface area contributed by atoms with Gasteiger partial charge in [-0.05, 0) is 18.1 Å². The van der Waals surface area contributed by atoms with Gasteiger partial charge in [0.2, 0.25) is 5.91 Å². The van der Waals surface area contributed by atoms with Crippen molar-refractivity contribution in [1.82, 2.24) is 10.2 Å². The molecule has 0 fully saturated rings. The Kier molecular flexibility index (Phi) is 3.54. The van der Waals surface area contributed by atoms with Gasteiger partial charge in [-0.25, -0.2) is 0 Å². The molecule has 5 nitrogen and oxygen atoms in total. The molecular weight excluding hydrogens is 252 g/mol. The number of fused-ring (bicyclic) bond motifs is 1. The van der Waals surface area contributed by atoms with E-state index >= 15 is 0 Å². The first kappa shape index (κ1) is 12.9. The highest BCUT2D eigenvalue weighted by Gasteiger charge is 2.19. The fraction of sp³-hybridized carbons (Fsp3) is 0.333. The molecule has 0 spiro atoms. The molecule has 1 atom stereocenters. The maximum atomic E-state index is 11.9. The van der Waals surface area contributed by atoms with Crippen molar-refractivity contribution < 1.29 is 4.79 Å². The number of anilines is 1. The van der Waals surface area contributed by atoms with Crippen LogP contribution in [0.5, 0.6) is 0 Å². The van der Waals surface area contributed by atoms with Crippen LogP contribution in [-0.2, 0) is 4.79 Å². The molecule has 4 N–H and O–H groups in total. The third kappa shape index (κ3) is 2.32. The third-order valence-electron chi connectivity index (χ3n) is 2.81. The number of aromatic nitrogens is 2. The highest BCUT2D eigenvalue weighted by Crippen LogP contribution is 2.26. The quantitative estimate of drug-likeness (QED) is 0.796. The molecule has 96 valence electrons. The number of benzene rings is 1. The van der Waals surface area contributed by atoms with Crippen molar-refractivity contribution in [2.45, 2.75) is 19.9 Å². The molecule has 1 heterocycles. The summed E-state index contributed by atoms with van der Waals surface area (Å²) >= 11 is 6.01. The summed E-state index contributed by atoms with van der Waals surface area (Å²) in [6.45, 7) is 3.79. The van der Waals surface area contributed by atoms with Gasteiger partial charge < -0.3 is 11.1 Å². The Balaban J connectivity index is 2.28. The van der Waals surface area contributed by atoms with Gasteiger partial charge in [0.15, 0.2) is 5.82 Å². The minimum absolute atomic E-state index is 0.0683. The molecule has 0 aliphatic rings. The Morgan fingerprint density at radius 3 is 2.89 bits per heavy atom. The van der Waals surface area contributed by atoms with E-state index in [1.165, 1.54) is 0 Å². The number of aromatic amines is 1. The summed E-state index contributed by atoms with van der Waals surface area (Å²) < 4.78 is 0. The van der Waals surface area contributed by atoms with Crippen molar-refractivity contribution in [3.05, 3.63) is 23.2 Å². The van der Waals surface area contributed by atoms with Gasteiger partial charge in [0.05, 0.1) is 16.6 Å². The van der Waals surface area contributed by atoms with Crippen LogP contribution in [-0.4, -0.2) is 22.1 Å². The molecule has 2 aromatic rings. The molecule has 0 aliphatic heterocycles. The Morgan fingerprint density at radius 1 is 1.50 bits per heavy atom. The zero-order chi connectivity index (χ0) is 13.3. The number of rotatable bonds is 3. The summed E-state index contributed by atoms with van der Waals surface area (Å²) in [6.07, 6.45) is 0. The lowest BCUT2D eigenvalue weighted by molar-refractivity contribution is -0.118. The predicted molar refractivity (Wildman–Crippen MR) is 72.5 cm³/mol. The number of hydrogen-bond donors (Lipinski definition) is 3. The number of carbonyl (C=O) groups excluding carboxylic acids is 1. The Labute approximate surface area is 110 Å². The van der Waals surface area contributed by atoms with E-state index < -0.39 is 6.04 Å². The molecule has 1 aromatic heterocycles. The number of nitrogens with zero attached hydrogens (tertiary/aromatic N) is 1. The highest BCUT2D eigenvalue weighted by molar-refractivity contribution is 6.35. The number of halogens is 1. The van der Waals surface area contributed by atoms with Gasteiger partial charge in [-0.3, -0.25) is 9.89 Å². The molecule has 0 unspecified atom stereocenters. The molecule has 1 aromatic carbocycles. The first-order valence-corrected chi connectivity index (χ1v) is 6.07. The van der Waals surface area contributed by atoms with E-state index in [0.717, 1.165) is 5.39 Å². The first-order chi connectivity index (χ1) is 8.50. The first-order valence-electron chi connectivity index (χ1n) is 5.69. The van der Waals surface area contributed by atoms with Gasteiger partial charge >= 0.3 is 0 Å². The molecule has 0 radical (unpaired) electrons. The second-order valence-corrected chi connectivity index (χ2v) is 4.90. The van der Waals surface area contributed by atoms with E-state index in [1.807, 2.05) is 19.9 Å². The fourth-order valence-electron chi connectivity index (χ4n) is 1.61. The van der Waals surface area contributed by atoms with Gasteiger partial charge in [0.25, 0.3) is 0 Å². The van der Waals surface area contributed by atoms with Crippen LogP contribution < -0.4 is 11.1 Å². The Bertz CT molecular complexity index is 578. The van der Waals surface area contributed by atoms with Gasteiger partial charge in [0, 0.05) is 5.39 Å². The van der Waals surface area contributed by atoms with Crippen molar-refractivity contribution in [3.63, 3.8) is 0 Å². The smallest absolute Gasteiger partial charge is 0.242 e. The molecule has 0 saturated carbocycles. The molecular formula is C12H15ClN4O. The van der Waals surface area contributed by atoms with Crippen LogP contribution in [0.3, 0.4) is 0 Å². The Morgan fingerprint density at radius 2 is 2.22 bits per heavy atom. The molecule has 6 heteroatoms. The van der Waals surface area contributed by atoms with Crippen molar-refractivity contribution in [3.8, 4) is 0 Å². The SMILES string of the molecule is CC(C)[C@H](N)C(=O)Nc1n[nH]c2c(Cl)cccc12. The molecule has 18 heavy (non-hydrogen) atoms. The fourth-order valence-corrected chi connectivity index (χ4v) is 1.82. The number of hydrogen-bond acceptors (Lipinski definition) is 3. The Hall–Kier alpha value is -1.59. The van der Waals surface area contributed by atoms with Crippen LogP contribution >= 0.6 is 11.6 Å². The monoisotopic (exact) mass is 266 g/mol. The van der Waals surface area contributed by atoms with E-state index in [2.05, 4.69) is 15.5 Å². The molecule has 0 saturated heterocycles. The lowest BCUT2D eigenvalue weighted by Crippen LogP contribution is -2.39.